The summed E-state index contributed by atoms with van der Waals surface area (Å²) >= 11 is 0. The number of benzene rings is 1. The zero-order valence-electron chi connectivity index (χ0n) is 14.4. The Bertz CT molecular complexity index is 681. The number of carbonyl (C=O) groups excluding carboxylic acids is 1. The number of amides is 1. The molecule has 2 atom stereocenters. The Hall–Kier alpha value is -2.37. The smallest absolute Gasteiger partial charge is 0.289 e. The molecular formula is C20H24N2O3. The van der Waals surface area contributed by atoms with Crippen LogP contribution >= 0.6 is 0 Å². The van der Waals surface area contributed by atoms with E-state index in [9.17, 15) is 9.90 Å². The lowest BCUT2D eigenvalue weighted by Gasteiger charge is -2.32. The molecule has 0 aliphatic carbocycles. The number of likely N-dealkylation sites (tertiary alicyclic amines) is 1. The lowest BCUT2D eigenvalue weighted by Crippen LogP contribution is -2.39. The van der Waals surface area contributed by atoms with Gasteiger partial charge in [0.05, 0.1) is 18.4 Å². The third-order valence-electron chi connectivity index (χ3n) is 4.61. The van der Waals surface area contributed by atoms with Crippen LogP contribution in [0.3, 0.4) is 0 Å². The van der Waals surface area contributed by atoms with E-state index in [4.69, 9.17) is 4.74 Å². The van der Waals surface area contributed by atoms with Crippen LogP contribution in [0.4, 0.5) is 0 Å². The number of aliphatic hydroxyl groups excluding tert-OH is 1. The first-order valence-corrected chi connectivity index (χ1v) is 8.58. The monoisotopic (exact) mass is 340 g/mol. The Kier molecular flexibility index (Phi) is 5.68. The maximum Gasteiger partial charge on any atom is 0.289 e. The number of allylic oxidation sites excluding steroid dienone is 4. The summed E-state index contributed by atoms with van der Waals surface area (Å²) in [5.74, 6) is 0.139. The van der Waals surface area contributed by atoms with Gasteiger partial charge in [-0.15, -0.1) is 0 Å². The average molecular weight is 340 g/mol. The maximum atomic E-state index is 12.9. The number of nitrogens with zero attached hydrogens (tertiary/aromatic N) is 2. The molecule has 0 aromatic heterocycles. The van der Waals surface area contributed by atoms with Gasteiger partial charge in [0.15, 0.2) is 5.76 Å². The second-order valence-electron chi connectivity index (χ2n) is 6.41. The number of aliphatic hydroxyl groups is 1. The zero-order chi connectivity index (χ0) is 17.6. The summed E-state index contributed by atoms with van der Waals surface area (Å²) in [5.41, 5.74) is 1.07. The van der Waals surface area contributed by atoms with Gasteiger partial charge in [0.2, 0.25) is 0 Å². The second kappa shape index (κ2) is 8.14. The fourth-order valence-electron chi connectivity index (χ4n) is 3.19. The SMILES string of the molecule is CN(C(=O)C1=CC=CC=CO1)[C@H](CN1CC[C@H](O)C1)c1ccccc1. The molecule has 2 aliphatic rings. The molecule has 1 aromatic rings. The number of carbonyl (C=O) groups is 1. The first-order chi connectivity index (χ1) is 12.1. The van der Waals surface area contributed by atoms with Crippen LogP contribution in [0.5, 0.6) is 0 Å². The summed E-state index contributed by atoms with van der Waals surface area (Å²) in [5, 5.41) is 9.80. The van der Waals surface area contributed by atoms with Crippen LogP contribution in [0.2, 0.25) is 0 Å². The Morgan fingerprint density at radius 1 is 1.32 bits per heavy atom. The van der Waals surface area contributed by atoms with Crippen LogP contribution in [-0.2, 0) is 9.53 Å². The molecule has 1 saturated heterocycles. The molecule has 5 heteroatoms. The molecule has 3 rings (SSSR count). The highest BCUT2D eigenvalue weighted by atomic mass is 16.5. The summed E-state index contributed by atoms with van der Waals surface area (Å²) in [6.07, 6.45) is 9.05. The minimum atomic E-state index is -0.277. The molecule has 2 aliphatic heterocycles. The van der Waals surface area contributed by atoms with Crippen molar-refractivity contribution < 1.29 is 14.6 Å². The van der Waals surface area contributed by atoms with Crippen molar-refractivity contribution in [3.05, 3.63) is 72.2 Å². The Morgan fingerprint density at radius 2 is 2.12 bits per heavy atom. The van der Waals surface area contributed by atoms with Crippen LogP contribution in [0.25, 0.3) is 0 Å². The van der Waals surface area contributed by atoms with Crippen molar-refractivity contribution >= 4 is 5.91 Å². The molecule has 5 nitrogen and oxygen atoms in total. The molecule has 0 saturated carbocycles. The molecule has 25 heavy (non-hydrogen) atoms. The maximum absolute atomic E-state index is 12.9. The van der Waals surface area contributed by atoms with E-state index in [1.54, 1.807) is 30.2 Å². The molecule has 1 fully saturated rings. The van der Waals surface area contributed by atoms with Crippen LogP contribution < -0.4 is 0 Å². The van der Waals surface area contributed by atoms with E-state index in [2.05, 4.69) is 4.90 Å². The van der Waals surface area contributed by atoms with Crippen molar-refractivity contribution in [1.82, 2.24) is 9.80 Å². The molecule has 1 N–H and O–H groups in total. The summed E-state index contributed by atoms with van der Waals surface area (Å²) in [7, 11) is 1.80. The van der Waals surface area contributed by atoms with Gasteiger partial charge < -0.3 is 14.7 Å². The fraction of sp³-hybridized carbons (Fsp3) is 0.350. The number of hydrogen-bond donors (Lipinski definition) is 1. The van der Waals surface area contributed by atoms with Gasteiger partial charge in [-0.25, -0.2) is 0 Å². The highest BCUT2D eigenvalue weighted by molar-refractivity contribution is 5.92. The summed E-state index contributed by atoms with van der Waals surface area (Å²) < 4.78 is 5.43. The molecule has 132 valence electrons. The lowest BCUT2D eigenvalue weighted by atomic mass is 10.0. The molecule has 1 amide bonds. The number of likely N-dealkylation sites (N-methyl/N-ethyl adjacent to an activating group) is 1. The third-order valence-corrected chi connectivity index (χ3v) is 4.61. The van der Waals surface area contributed by atoms with Crippen molar-refractivity contribution in [2.45, 2.75) is 18.6 Å². The van der Waals surface area contributed by atoms with E-state index in [1.165, 1.54) is 6.26 Å². The number of rotatable bonds is 5. The van der Waals surface area contributed by atoms with Gasteiger partial charge in [0.1, 0.15) is 0 Å². The summed E-state index contributed by atoms with van der Waals surface area (Å²) in [4.78, 5) is 16.8. The predicted octanol–water partition coefficient (Wildman–Crippen LogP) is 2.24. The molecule has 1 aromatic carbocycles. The van der Waals surface area contributed by atoms with Crippen molar-refractivity contribution in [3.63, 3.8) is 0 Å². The van der Waals surface area contributed by atoms with Crippen LogP contribution in [0.1, 0.15) is 18.0 Å². The van der Waals surface area contributed by atoms with E-state index in [-0.39, 0.29) is 18.1 Å². The topological polar surface area (TPSA) is 53.0 Å². The fourth-order valence-corrected chi connectivity index (χ4v) is 3.19. The van der Waals surface area contributed by atoms with Gasteiger partial charge in [-0.3, -0.25) is 9.69 Å². The molecular weight excluding hydrogens is 316 g/mol. The van der Waals surface area contributed by atoms with E-state index in [1.807, 2.05) is 36.4 Å². The molecule has 2 heterocycles. The van der Waals surface area contributed by atoms with Crippen molar-refractivity contribution in [2.24, 2.45) is 0 Å². The zero-order valence-corrected chi connectivity index (χ0v) is 14.4. The van der Waals surface area contributed by atoms with E-state index >= 15 is 0 Å². The van der Waals surface area contributed by atoms with Gasteiger partial charge in [-0.2, -0.15) is 0 Å². The molecule has 0 radical (unpaired) electrons. The minimum Gasteiger partial charge on any atom is -0.459 e. The summed E-state index contributed by atoms with van der Waals surface area (Å²) in [6, 6.07) is 9.87. The van der Waals surface area contributed by atoms with Gasteiger partial charge in [0, 0.05) is 26.7 Å². The van der Waals surface area contributed by atoms with Crippen molar-refractivity contribution in [2.75, 3.05) is 26.7 Å². The lowest BCUT2D eigenvalue weighted by molar-refractivity contribution is -0.131. The van der Waals surface area contributed by atoms with Crippen molar-refractivity contribution in [3.8, 4) is 0 Å². The first-order valence-electron chi connectivity index (χ1n) is 8.58. The molecule has 0 unspecified atom stereocenters. The largest absolute Gasteiger partial charge is 0.459 e. The standard InChI is InChI=1S/C20H24N2O3/c1-21(20(24)19-10-6-3-7-13-25-19)18(16-8-4-2-5-9-16)15-22-12-11-17(23)14-22/h2-10,13,17-18,23H,11-12,14-15H2,1H3/t17-,18+/m0/s1. The van der Waals surface area contributed by atoms with Gasteiger partial charge in [0.25, 0.3) is 5.91 Å². The van der Waals surface area contributed by atoms with Crippen LogP contribution in [0, 0.1) is 0 Å². The predicted molar refractivity (Wildman–Crippen MR) is 96.5 cm³/mol. The molecule has 0 spiro atoms. The van der Waals surface area contributed by atoms with Crippen LogP contribution in [0.15, 0.2) is 66.7 Å². The average Bonchev–Trinajstić information content (AvgIpc) is 2.87. The van der Waals surface area contributed by atoms with E-state index in [0.29, 0.717) is 18.8 Å². The minimum absolute atomic E-state index is 0.111. The van der Waals surface area contributed by atoms with Gasteiger partial charge >= 0.3 is 0 Å². The summed E-state index contributed by atoms with van der Waals surface area (Å²) in [6.45, 7) is 2.18. The van der Waals surface area contributed by atoms with E-state index in [0.717, 1.165) is 18.5 Å². The third kappa shape index (κ3) is 4.38. The molecule has 0 bridgehead atoms. The Labute approximate surface area is 148 Å². The van der Waals surface area contributed by atoms with Gasteiger partial charge in [-0.05, 0) is 24.1 Å². The highest BCUT2D eigenvalue weighted by Crippen LogP contribution is 2.25. The van der Waals surface area contributed by atoms with Gasteiger partial charge in [-0.1, -0.05) is 42.5 Å². The van der Waals surface area contributed by atoms with Crippen molar-refractivity contribution in [1.29, 1.82) is 0 Å². The second-order valence-corrected chi connectivity index (χ2v) is 6.41. The number of ether oxygens (including phenoxy) is 1. The highest BCUT2D eigenvalue weighted by Gasteiger charge is 2.29. The first kappa shape index (κ1) is 17.5. The normalized spacial score (nSPS) is 21.4. The Balaban J connectivity index is 1.80. The quantitative estimate of drug-likeness (QED) is 0.893. The Morgan fingerprint density at radius 3 is 2.84 bits per heavy atom. The van der Waals surface area contributed by atoms with E-state index < -0.39 is 0 Å². The van der Waals surface area contributed by atoms with Crippen LogP contribution in [-0.4, -0.2) is 53.6 Å². The number of β-amino-alcohol motifs (C(OH)–C–C–N with tert-alkyl or cyclic N) is 1. The number of hydrogen-bond acceptors (Lipinski definition) is 4.